The van der Waals surface area contributed by atoms with Gasteiger partial charge in [0.25, 0.3) is 0 Å². The minimum absolute atomic E-state index is 0.0586. The largest absolute Gasteiger partial charge is 0.416 e. The first-order valence-corrected chi connectivity index (χ1v) is 8.30. The maximum atomic E-state index is 12.9. The molecule has 2 aromatic rings. The molecule has 0 atom stereocenters. The molecule has 0 amide bonds. The van der Waals surface area contributed by atoms with Crippen molar-refractivity contribution >= 4 is 41.0 Å². The lowest BCUT2D eigenvalue weighted by Gasteiger charge is -2.13. The van der Waals surface area contributed by atoms with Crippen LogP contribution in [0.15, 0.2) is 28.5 Å². The fraction of sp³-hybridized carbons (Fsp3) is 0.125. The minimum Gasteiger partial charge on any atom is -0.388 e. The van der Waals surface area contributed by atoms with Gasteiger partial charge in [-0.2, -0.15) is 28.8 Å². The Kier molecular flexibility index (Phi) is 6.25. The third-order valence-corrected chi connectivity index (χ3v) is 4.35. The lowest BCUT2D eigenvalue weighted by Crippen LogP contribution is -2.07. The smallest absolute Gasteiger partial charge is 0.388 e. The summed E-state index contributed by atoms with van der Waals surface area (Å²) in [6.07, 6.45) is -3.48. The average molecular weight is 448 g/mol. The van der Waals surface area contributed by atoms with Crippen molar-refractivity contribution in [2.75, 3.05) is 0 Å². The topological polar surface area (TPSA) is 104 Å². The summed E-state index contributed by atoms with van der Waals surface area (Å²) in [4.78, 5) is 3.80. The summed E-state index contributed by atoms with van der Waals surface area (Å²) >= 11 is 18.2. The zero-order valence-corrected chi connectivity index (χ0v) is 16.1. The zero-order chi connectivity index (χ0) is 21.2. The summed E-state index contributed by atoms with van der Waals surface area (Å²) in [5.74, 6) is 0. The molecular formula is C16H8Cl3F3N6. The Bertz CT molecular complexity index is 1060. The highest BCUT2D eigenvalue weighted by molar-refractivity contribution is 6.38. The van der Waals surface area contributed by atoms with Gasteiger partial charge in [-0.3, -0.25) is 0 Å². The Hall–Kier alpha value is -2.72. The molecule has 0 aliphatic rings. The summed E-state index contributed by atoms with van der Waals surface area (Å²) in [6.45, 7) is 1.54. The number of hydrogen-bond acceptors (Lipinski definition) is 5. The molecule has 0 saturated carbocycles. The van der Waals surface area contributed by atoms with Gasteiger partial charge in [0, 0.05) is 6.21 Å². The number of aliphatic imine (C=N–C) groups is 1. The van der Waals surface area contributed by atoms with Gasteiger partial charge in [-0.05, 0) is 19.1 Å². The van der Waals surface area contributed by atoms with E-state index in [1.54, 1.807) is 19.1 Å². The predicted octanol–water partition coefficient (Wildman–Crippen LogP) is 4.80. The van der Waals surface area contributed by atoms with Crippen LogP contribution in [0.25, 0.3) is 5.69 Å². The molecule has 2 N–H and O–H groups in total. The Balaban J connectivity index is 2.60. The van der Waals surface area contributed by atoms with Crippen molar-refractivity contribution < 1.29 is 13.2 Å². The number of aromatic nitrogens is 2. The number of alkyl halides is 3. The highest BCUT2D eigenvalue weighted by Gasteiger charge is 2.32. The standard InChI is InChI=1S/C16H8Cl3F3N6/c1-7-9(6-26-13(5-24)12(25)4-23)15(19)28(27-7)14-10(17)2-8(3-11(14)18)16(20,21)22/h2-3,6H,25H2,1H3/b13-12-,26-6+. The Labute approximate surface area is 171 Å². The molecule has 2 rings (SSSR count). The first-order chi connectivity index (χ1) is 13.0. The number of halogens is 6. The first-order valence-electron chi connectivity index (χ1n) is 7.17. The van der Waals surface area contributed by atoms with Crippen LogP contribution in [-0.4, -0.2) is 16.0 Å². The van der Waals surface area contributed by atoms with Crippen molar-refractivity contribution in [2.24, 2.45) is 10.7 Å². The van der Waals surface area contributed by atoms with E-state index in [0.29, 0.717) is 17.8 Å². The normalized spacial score (nSPS) is 12.6. The fourth-order valence-electron chi connectivity index (χ4n) is 2.08. The Morgan fingerprint density at radius 1 is 1.21 bits per heavy atom. The van der Waals surface area contributed by atoms with Gasteiger partial charge in [-0.1, -0.05) is 34.8 Å². The minimum atomic E-state index is -4.63. The maximum absolute atomic E-state index is 12.9. The van der Waals surface area contributed by atoms with Gasteiger partial charge >= 0.3 is 6.18 Å². The van der Waals surface area contributed by atoms with E-state index in [2.05, 4.69) is 10.1 Å². The maximum Gasteiger partial charge on any atom is 0.416 e. The van der Waals surface area contributed by atoms with Gasteiger partial charge in [0.05, 0.1) is 26.9 Å². The molecule has 1 aromatic heterocycles. The lowest BCUT2D eigenvalue weighted by atomic mass is 10.2. The van der Waals surface area contributed by atoms with Gasteiger partial charge in [0.15, 0.2) is 5.70 Å². The van der Waals surface area contributed by atoms with Crippen molar-refractivity contribution in [3.8, 4) is 17.8 Å². The molecular weight excluding hydrogens is 440 g/mol. The number of nitriles is 2. The van der Waals surface area contributed by atoms with Gasteiger partial charge in [0.2, 0.25) is 0 Å². The van der Waals surface area contributed by atoms with E-state index in [0.717, 1.165) is 10.9 Å². The third-order valence-electron chi connectivity index (χ3n) is 3.41. The van der Waals surface area contributed by atoms with Crippen molar-refractivity contribution in [1.82, 2.24) is 9.78 Å². The summed E-state index contributed by atoms with van der Waals surface area (Å²) in [6, 6.07) is 4.64. The number of aryl methyl sites for hydroxylation is 1. The predicted molar refractivity (Wildman–Crippen MR) is 98.4 cm³/mol. The summed E-state index contributed by atoms with van der Waals surface area (Å²) < 4.78 is 39.7. The molecule has 0 fully saturated rings. The van der Waals surface area contributed by atoms with Crippen LogP contribution >= 0.6 is 34.8 Å². The van der Waals surface area contributed by atoms with Crippen LogP contribution in [0.5, 0.6) is 0 Å². The van der Waals surface area contributed by atoms with Crippen LogP contribution in [0, 0.1) is 29.6 Å². The van der Waals surface area contributed by atoms with E-state index in [9.17, 15) is 13.2 Å². The van der Waals surface area contributed by atoms with Gasteiger partial charge in [0.1, 0.15) is 28.7 Å². The van der Waals surface area contributed by atoms with Gasteiger partial charge in [-0.15, -0.1) is 0 Å². The van der Waals surface area contributed by atoms with E-state index in [1.807, 2.05) is 0 Å². The number of nitrogens with zero attached hydrogens (tertiary/aromatic N) is 5. The SMILES string of the molecule is Cc1nn(-c2c(Cl)cc(C(F)(F)F)cc2Cl)c(Cl)c1/C=N/C(C#N)=C(\N)C#N. The molecule has 0 aliphatic carbocycles. The van der Waals surface area contributed by atoms with E-state index < -0.39 is 17.4 Å². The van der Waals surface area contributed by atoms with Crippen LogP contribution in [0.4, 0.5) is 13.2 Å². The van der Waals surface area contributed by atoms with Crippen LogP contribution in [0.2, 0.25) is 15.2 Å². The zero-order valence-electron chi connectivity index (χ0n) is 13.8. The monoisotopic (exact) mass is 446 g/mol. The summed E-state index contributed by atoms with van der Waals surface area (Å²) in [7, 11) is 0. The van der Waals surface area contributed by atoms with Crippen molar-refractivity contribution in [3.63, 3.8) is 0 Å². The Morgan fingerprint density at radius 2 is 1.79 bits per heavy atom. The molecule has 28 heavy (non-hydrogen) atoms. The second-order valence-corrected chi connectivity index (χ2v) is 6.40. The molecule has 6 nitrogen and oxygen atoms in total. The fourth-order valence-corrected chi connectivity index (χ4v) is 3.03. The molecule has 12 heteroatoms. The van der Waals surface area contributed by atoms with E-state index in [-0.39, 0.29) is 32.1 Å². The molecule has 0 unspecified atom stereocenters. The highest BCUT2D eigenvalue weighted by Crippen LogP contribution is 2.38. The highest BCUT2D eigenvalue weighted by atomic mass is 35.5. The van der Waals surface area contributed by atoms with Gasteiger partial charge in [-0.25, -0.2) is 9.67 Å². The van der Waals surface area contributed by atoms with Crippen LogP contribution in [-0.2, 0) is 6.18 Å². The molecule has 1 aromatic carbocycles. The van der Waals surface area contributed by atoms with Crippen LogP contribution in [0.1, 0.15) is 16.8 Å². The number of benzene rings is 1. The quantitative estimate of drug-likeness (QED) is 0.539. The molecule has 0 spiro atoms. The van der Waals surface area contributed by atoms with Crippen molar-refractivity contribution in [3.05, 3.63) is 55.5 Å². The van der Waals surface area contributed by atoms with Crippen molar-refractivity contribution in [2.45, 2.75) is 13.1 Å². The Morgan fingerprint density at radius 3 is 2.25 bits per heavy atom. The van der Waals surface area contributed by atoms with Gasteiger partial charge < -0.3 is 5.73 Å². The molecule has 1 heterocycles. The summed E-state index contributed by atoms with van der Waals surface area (Å²) in [5, 5.41) is 21.1. The summed E-state index contributed by atoms with van der Waals surface area (Å²) in [5.41, 5.74) is 4.08. The van der Waals surface area contributed by atoms with E-state index >= 15 is 0 Å². The third kappa shape index (κ3) is 4.23. The van der Waals surface area contributed by atoms with Crippen molar-refractivity contribution in [1.29, 1.82) is 10.5 Å². The molecule has 0 saturated heterocycles. The van der Waals surface area contributed by atoms with E-state index in [4.69, 9.17) is 51.1 Å². The second kappa shape index (κ2) is 8.11. The first kappa shape index (κ1) is 21.6. The number of allylic oxidation sites excluding steroid dienone is 2. The second-order valence-electron chi connectivity index (χ2n) is 5.23. The molecule has 0 bridgehead atoms. The lowest BCUT2D eigenvalue weighted by molar-refractivity contribution is -0.137. The number of hydrogen-bond donors (Lipinski definition) is 1. The molecule has 0 aliphatic heterocycles. The average Bonchev–Trinajstić information content (AvgIpc) is 2.88. The number of nitrogens with two attached hydrogens (primary N) is 1. The van der Waals surface area contributed by atoms with Crippen LogP contribution in [0.3, 0.4) is 0 Å². The molecule has 144 valence electrons. The van der Waals surface area contributed by atoms with E-state index in [1.165, 1.54) is 0 Å². The van der Waals surface area contributed by atoms with Crippen LogP contribution < -0.4 is 5.73 Å². The molecule has 0 radical (unpaired) electrons. The number of rotatable bonds is 3.